The van der Waals surface area contributed by atoms with Gasteiger partial charge in [-0.05, 0) is 102 Å². The Morgan fingerprint density at radius 1 is 1.00 bits per heavy atom. The van der Waals surface area contributed by atoms with E-state index in [1.165, 1.54) is 16.7 Å². The lowest BCUT2D eigenvalue weighted by molar-refractivity contribution is -0.162. The van der Waals surface area contributed by atoms with Crippen LogP contribution in [0, 0.1) is 29.6 Å². The fourth-order valence-corrected chi connectivity index (χ4v) is 8.37. The van der Waals surface area contributed by atoms with Crippen LogP contribution in [-0.2, 0) is 37.0 Å². The van der Waals surface area contributed by atoms with Gasteiger partial charge in [0.1, 0.15) is 12.2 Å². The summed E-state index contributed by atoms with van der Waals surface area (Å²) in [7, 11) is -9.82. The highest BCUT2D eigenvalue weighted by Crippen LogP contribution is 2.57. The number of carbonyl (C=O) groups excluding carboxylic acids is 2. The average molecular weight is 787 g/mol. The summed E-state index contributed by atoms with van der Waals surface area (Å²) in [6.45, 7) is 16.1. The van der Waals surface area contributed by atoms with Gasteiger partial charge in [0.05, 0.1) is 25.0 Å². The third-order valence-electron chi connectivity index (χ3n) is 9.94. The number of hydrogen-bond acceptors (Lipinski definition) is 9. The van der Waals surface area contributed by atoms with Gasteiger partial charge in [0.25, 0.3) is 0 Å². The van der Waals surface area contributed by atoms with Crippen LogP contribution in [0.1, 0.15) is 120 Å². The van der Waals surface area contributed by atoms with Crippen LogP contribution in [-0.4, -0.2) is 56.6 Å². The van der Waals surface area contributed by atoms with E-state index in [1.807, 2.05) is 20.8 Å². The third kappa shape index (κ3) is 18.4. The maximum atomic E-state index is 12.5. The highest BCUT2D eigenvalue weighted by Gasteiger charge is 2.42. The molecule has 3 aliphatic rings. The molecule has 14 heteroatoms. The van der Waals surface area contributed by atoms with Crippen molar-refractivity contribution in [3.8, 4) is 0 Å². The highest BCUT2D eigenvalue weighted by molar-refractivity contribution is 7.60. The van der Waals surface area contributed by atoms with Crippen LogP contribution in [0.4, 0.5) is 0 Å². The number of ether oxygens (including phenoxy) is 2. The van der Waals surface area contributed by atoms with Crippen LogP contribution < -0.4 is 0 Å². The standard InChI is InChI=1S/C24H36O5.C15H28O7P2/c1-5-15(3)24(27)29-21-11-14(2)10-17-7-6-16(4)20(23(17)21)9-8-19-12-18(25)13-22(26)28-19;1-13(2)7-5-8-14(3)9-6-10-15(4)11-12-21-24(19,20)22-23(16,17)18/h6-7,10,14-16,18-21,23,25H,5,8-9,11-13H2,1-4H3;7,9,11H,5-6,8,10,12H2,1-4H3,(H,19,20)(H2,16,17,18)/b;14-9+,15-11+/t14-,15-,16-,18+,19+,20-,21-,23-;/m0./s1. The first kappa shape index (κ1) is 47.0. The second-order valence-electron chi connectivity index (χ2n) is 15.2. The number of allylic oxidation sites excluding steroid dienone is 8. The molecule has 1 aliphatic heterocycles. The molecule has 1 saturated heterocycles. The molecule has 4 N–H and O–H groups in total. The van der Waals surface area contributed by atoms with Crippen molar-refractivity contribution < 1.29 is 56.8 Å². The van der Waals surface area contributed by atoms with Gasteiger partial charge in [-0.1, -0.05) is 80.9 Å². The topological polar surface area (TPSA) is 186 Å². The lowest BCUT2D eigenvalue weighted by Gasteiger charge is -2.43. The first-order valence-electron chi connectivity index (χ1n) is 18.9. The number of rotatable bonds is 17. The van der Waals surface area contributed by atoms with Crippen molar-refractivity contribution in [2.45, 2.75) is 138 Å². The zero-order valence-electron chi connectivity index (χ0n) is 32.8. The fourth-order valence-electron chi connectivity index (χ4n) is 6.84. The van der Waals surface area contributed by atoms with Crippen LogP contribution in [0.25, 0.3) is 0 Å². The smallest absolute Gasteiger partial charge is 0.462 e. The number of fused-ring (bicyclic) bond motifs is 1. The molecule has 9 atom stereocenters. The number of aliphatic hydroxyl groups excluding tert-OH is 1. The predicted octanol–water partition coefficient (Wildman–Crippen LogP) is 8.83. The Bertz CT molecular complexity index is 1450. The van der Waals surface area contributed by atoms with Crippen molar-refractivity contribution in [3.63, 3.8) is 0 Å². The summed E-state index contributed by atoms with van der Waals surface area (Å²) in [5.41, 5.74) is 4.84. The van der Waals surface area contributed by atoms with E-state index in [0.717, 1.165) is 56.9 Å². The Hall–Kier alpha value is -2.14. The normalized spacial score (nSPS) is 28.0. The van der Waals surface area contributed by atoms with Crippen LogP contribution in [0.3, 0.4) is 0 Å². The van der Waals surface area contributed by atoms with E-state index in [9.17, 15) is 23.8 Å². The van der Waals surface area contributed by atoms with Crippen molar-refractivity contribution in [1.82, 2.24) is 0 Å². The number of hydrogen-bond donors (Lipinski definition) is 4. The van der Waals surface area contributed by atoms with Crippen molar-refractivity contribution in [1.29, 1.82) is 0 Å². The zero-order chi connectivity index (χ0) is 39.9. The second kappa shape index (κ2) is 22.4. The van der Waals surface area contributed by atoms with Gasteiger partial charge in [-0.25, -0.2) is 9.13 Å². The number of phosphoric ester groups is 1. The van der Waals surface area contributed by atoms with Crippen LogP contribution >= 0.6 is 15.6 Å². The molecule has 0 spiro atoms. The van der Waals surface area contributed by atoms with Crippen molar-refractivity contribution in [3.05, 3.63) is 58.7 Å². The van der Waals surface area contributed by atoms with E-state index in [1.54, 1.807) is 6.08 Å². The Morgan fingerprint density at radius 3 is 2.25 bits per heavy atom. The molecule has 0 aromatic heterocycles. The van der Waals surface area contributed by atoms with Gasteiger partial charge >= 0.3 is 27.6 Å². The Morgan fingerprint density at radius 2 is 1.64 bits per heavy atom. The molecule has 0 aromatic carbocycles. The quantitative estimate of drug-likeness (QED) is 0.0625. The number of carbonyl (C=O) groups is 2. The zero-order valence-corrected chi connectivity index (χ0v) is 34.6. The molecule has 2 aliphatic carbocycles. The van der Waals surface area contributed by atoms with Crippen molar-refractivity contribution in [2.75, 3.05) is 6.61 Å². The summed E-state index contributed by atoms with van der Waals surface area (Å²) in [5, 5.41) is 9.89. The maximum Gasteiger partial charge on any atom is 0.481 e. The first-order valence-corrected chi connectivity index (χ1v) is 21.9. The summed E-state index contributed by atoms with van der Waals surface area (Å²) < 4.78 is 41.4. The molecule has 1 unspecified atom stereocenters. The van der Waals surface area contributed by atoms with Gasteiger partial charge < -0.3 is 29.3 Å². The summed E-state index contributed by atoms with van der Waals surface area (Å²) in [5.74, 6) is 0.755. The molecular formula is C39H64O12P2. The Balaban J connectivity index is 0.000000375. The van der Waals surface area contributed by atoms with E-state index in [-0.39, 0.29) is 49.0 Å². The Kier molecular flexibility index (Phi) is 19.9. The minimum atomic E-state index is -5.07. The molecule has 12 nitrogen and oxygen atoms in total. The summed E-state index contributed by atoms with van der Waals surface area (Å²) in [4.78, 5) is 50.3. The van der Waals surface area contributed by atoms with Crippen LogP contribution in [0.2, 0.25) is 0 Å². The van der Waals surface area contributed by atoms with Gasteiger partial charge in [0.15, 0.2) is 0 Å². The lowest BCUT2D eigenvalue weighted by atomic mass is 9.65. The number of phosphoric acid groups is 2. The highest BCUT2D eigenvalue weighted by atomic mass is 31.3. The summed E-state index contributed by atoms with van der Waals surface area (Å²) in [6.07, 6.45) is 19.3. The molecule has 0 radical (unpaired) electrons. The molecule has 3 rings (SSSR count). The van der Waals surface area contributed by atoms with E-state index in [0.29, 0.717) is 24.2 Å². The molecule has 53 heavy (non-hydrogen) atoms. The second-order valence-corrected chi connectivity index (χ2v) is 18.0. The van der Waals surface area contributed by atoms with Crippen molar-refractivity contribution in [2.24, 2.45) is 29.6 Å². The minimum Gasteiger partial charge on any atom is -0.462 e. The molecule has 0 aromatic rings. The molecule has 0 saturated carbocycles. The molecule has 0 bridgehead atoms. The van der Waals surface area contributed by atoms with E-state index >= 15 is 0 Å². The van der Waals surface area contributed by atoms with Gasteiger partial charge in [-0.3, -0.25) is 14.1 Å². The number of esters is 2. The SMILES string of the molecule is CC(C)=CCC/C(C)=C/CC/C(C)=C/COP(=O)(O)OP(=O)(O)O.CC[C@H](C)C(=O)O[C@H]1C[C@@H](C)C=C2C=C[C@H](C)[C@H](CC[C@@H]3C[C@@H](O)CC(=O)O3)[C@H]21. The van der Waals surface area contributed by atoms with Crippen LogP contribution in [0.15, 0.2) is 58.7 Å². The summed E-state index contributed by atoms with van der Waals surface area (Å²) >= 11 is 0. The average Bonchev–Trinajstić information content (AvgIpc) is 3.02. The largest absolute Gasteiger partial charge is 0.481 e. The molecular weight excluding hydrogens is 722 g/mol. The maximum absolute atomic E-state index is 12.5. The first-order chi connectivity index (χ1) is 24.7. The third-order valence-corrected chi connectivity index (χ3v) is 12.1. The van der Waals surface area contributed by atoms with E-state index < -0.39 is 21.7 Å². The van der Waals surface area contributed by atoms with Gasteiger partial charge in [0.2, 0.25) is 0 Å². The van der Waals surface area contributed by atoms with Gasteiger partial charge in [-0.15, -0.1) is 0 Å². The minimum absolute atomic E-state index is 0.0854. The van der Waals surface area contributed by atoms with E-state index in [4.69, 9.17) is 24.2 Å². The monoisotopic (exact) mass is 786 g/mol. The van der Waals surface area contributed by atoms with Gasteiger partial charge in [0, 0.05) is 12.3 Å². The van der Waals surface area contributed by atoms with Crippen molar-refractivity contribution >= 4 is 27.6 Å². The lowest BCUT2D eigenvalue weighted by Crippen LogP contribution is -2.42. The molecule has 1 heterocycles. The van der Waals surface area contributed by atoms with Gasteiger partial charge in [-0.2, -0.15) is 4.31 Å². The number of aliphatic hydroxyl groups is 1. The van der Waals surface area contributed by atoms with E-state index in [2.05, 4.69) is 73.8 Å². The molecule has 0 amide bonds. The summed E-state index contributed by atoms with van der Waals surface area (Å²) in [6, 6.07) is 0. The number of cyclic esters (lactones) is 1. The molecule has 302 valence electrons. The fraction of sp³-hybridized carbons (Fsp3) is 0.692. The Labute approximate surface area is 316 Å². The van der Waals surface area contributed by atoms with Crippen LogP contribution in [0.5, 0.6) is 0 Å². The molecule has 1 fully saturated rings. The predicted molar refractivity (Wildman–Crippen MR) is 205 cm³/mol.